The Bertz CT molecular complexity index is 845. The number of esters is 1. The average molecular weight is 389 g/mol. The van der Waals surface area contributed by atoms with E-state index in [0.29, 0.717) is 16.3 Å². The maximum Gasteiger partial charge on any atom is 0.325 e. The first-order valence-electron chi connectivity index (χ1n) is 8.01. The summed E-state index contributed by atoms with van der Waals surface area (Å²) >= 11 is 1.32. The standard InChI is InChI=1S/C18H19N3O5S/c1-11-3-8-15(27-11)18(25)19-9-17(24)26-10-16(23)21-14-6-4-13(5-7-14)20-12(2)22/h3-8H,9-10H2,1-2H3,(H,19,25)(H,20,22)(H,21,23). The fraction of sp³-hybridized carbons (Fsp3) is 0.222. The molecule has 3 amide bonds. The summed E-state index contributed by atoms with van der Waals surface area (Å²) in [7, 11) is 0. The molecule has 0 aliphatic rings. The van der Waals surface area contributed by atoms with Gasteiger partial charge in [-0.25, -0.2) is 0 Å². The Labute approximate surface area is 159 Å². The zero-order valence-corrected chi connectivity index (χ0v) is 15.6. The molecule has 0 atom stereocenters. The predicted molar refractivity (Wildman–Crippen MR) is 102 cm³/mol. The van der Waals surface area contributed by atoms with Crippen LogP contribution in [0.4, 0.5) is 11.4 Å². The lowest BCUT2D eigenvalue weighted by Gasteiger charge is -2.08. The van der Waals surface area contributed by atoms with Gasteiger partial charge >= 0.3 is 5.97 Å². The third kappa shape index (κ3) is 6.90. The molecule has 0 bridgehead atoms. The van der Waals surface area contributed by atoms with E-state index in [1.807, 2.05) is 13.0 Å². The van der Waals surface area contributed by atoms with E-state index in [9.17, 15) is 19.2 Å². The quantitative estimate of drug-likeness (QED) is 0.626. The van der Waals surface area contributed by atoms with Crippen LogP contribution in [0.3, 0.4) is 0 Å². The van der Waals surface area contributed by atoms with Crippen molar-refractivity contribution in [3.63, 3.8) is 0 Å². The van der Waals surface area contributed by atoms with Gasteiger partial charge in [-0.1, -0.05) is 0 Å². The van der Waals surface area contributed by atoms with Crippen LogP contribution in [0.5, 0.6) is 0 Å². The molecular weight excluding hydrogens is 370 g/mol. The first-order valence-corrected chi connectivity index (χ1v) is 8.83. The van der Waals surface area contributed by atoms with Crippen LogP contribution in [0.2, 0.25) is 0 Å². The third-order valence-corrected chi connectivity index (χ3v) is 4.21. The molecule has 1 aromatic carbocycles. The van der Waals surface area contributed by atoms with Crippen molar-refractivity contribution in [3.8, 4) is 0 Å². The maximum absolute atomic E-state index is 11.8. The van der Waals surface area contributed by atoms with Crippen LogP contribution in [-0.2, 0) is 19.1 Å². The number of aryl methyl sites for hydroxylation is 1. The van der Waals surface area contributed by atoms with Crippen molar-refractivity contribution < 1.29 is 23.9 Å². The molecule has 0 unspecified atom stereocenters. The van der Waals surface area contributed by atoms with Gasteiger partial charge < -0.3 is 20.7 Å². The molecule has 0 aliphatic heterocycles. The summed E-state index contributed by atoms with van der Waals surface area (Å²) in [5, 5.41) is 7.60. The number of rotatable bonds is 7. The predicted octanol–water partition coefficient (Wildman–Crippen LogP) is 1.93. The van der Waals surface area contributed by atoms with Crippen LogP contribution >= 0.6 is 11.3 Å². The molecule has 27 heavy (non-hydrogen) atoms. The number of hydrogen-bond acceptors (Lipinski definition) is 6. The molecule has 9 heteroatoms. The highest BCUT2D eigenvalue weighted by atomic mass is 32.1. The van der Waals surface area contributed by atoms with Crippen molar-refractivity contribution in [2.75, 3.05) is 23.8 Å². The second kappa shape index (κ2) is 9.48. The van der Waals surface area contributed by atoms with Gasteiger partial charge in [0.1, 0.15) is 6.54 Å². The molecule has 3 N–H and O–H groups in total. The molecule has 0 saturated heterocycles. The first-order chi connectivity index (χ1) is 12.8. The van der Waals surface area contributed by atoms with E-state index < -0.39 is 18.5 Å². The third-order valence-electron chi connectivity index (χ3n) is 3.21. The Morgan fingerprint density at radius 3 is 2.15 bits per heavy atom. The summed E-state index contributed by atoms with van der Waals surface area (Å²) in [6, 6.07) is 9.95. The van der Waals surface area contributed by atoms with Gasteiger partial charge in [-0.15, -0.1) is 11.3 Å². The van der Waals surface area contributed by atoms with E-state index in [1.165, 1.54) is 18.3 Å². The largest absolute Gasteiger partial charge is 0.454 e. The van der Waals surface area contributed by atoms with Crippen LogP contribution in [-0.4, -0.2) is 36.8 Å². The van der Waals surface area contributed by atoms with Crippen molar-refractivity contribution in [2.45, 2.75) is 13.8 Å². The van der Waals surface area contributed by atoms with Gasteiger partial charge in [0.05, 0.1) is 4.88 Å². The number of carbonyl (C=O) groups excluding carboxylic acids is 4. The fourth-order valence-corrected chi connectivity index (χ4v) is 2.81. The monoisotopic (exact) mass is 389 g/mol. The molecular formula is C18H19N3O5S. The summed E-state index contributed by atoms with van der Waals surface area (Å²) in [6.45, 7) is 2.48. The molecule has 2 aromatic rings. The normalized spacial score (nSPS) is 10.0. The highest BCUT2D eigenvalue weighted by molar-refractivity contribution is 7.13. The molecule has 8 nitrogen and oxygen atoms in total. The lowest BCUT2D eigenvalue weighted by Crippen LogP contribution is -2.31. The highest BCUT2D eigenvalue weighted by Crippen LogP contribution is 2.14. The van der Waals surface area contributed by atoms with Gasteiger partial charge in [-0.3, -0.25) is 19.2 Å². The molecule has 142 valence electrons. The van der Waals surface area contributed by atoms with Crippen molar-refractivity contribution in [2.24, 2.45) is 0 Å². The maximum atomic E-state index is 11.8. The second-order valence-corrected chi connectivity index (χ2v) is 6.85. The topological polar surface area (TPSA) is 114 Å². The summed E-state index contributed by atoms with van der Waals surface area (Å²) < 4.78 is 4.82. The molecule has 0 saturated carbocycles. The summed E-state index contributed by atoms with van der Waals surface area (Å²) in [5.74, 6) is -1.79. The molecule has 0 spiro atoms. The van der Waals surface area contributed by atoms with Crippen molar-refractivity contribution in [3.05, 3.63) is 46.2 Å². The number of amides is 3. The number of thiophene rings is 1. The van der Waals surface area contributed by atoms with Crippen molar-refractivity contribution in [1.82, 2.24) is 5.32 Å². The minimum absolute atomic E-state index is 0.194. The molecule has 0 aliphatic carbocycles. The highest BCUT2D eigenvalue weighted by Gasteiger charge is 2.12. The first kappa shape index (κ1) is 20.1. The average Bonchev–Trinajstić information content (AvgIpc) is 3.05. The Hall–Kier alpha value is -3.20. The van der Waals surface area contributed by atoms with Crippen molar-refractivity contribution in [1.29, 1.82) is 0 Å². The zero-order chi connectivity index (χ0) is 19.8. The van der Waals surface area contributed by atoms with Gasteiger partial charge in [-0.05, 0) is 43.3 Å². The number of benzene rings is 1. The second-order valence-electron chi connectivity index (χ2n) is 5.56. The van der Waals surface area contributed by atoms with Crippen LogP contribution in [0.1, 0.15) is 21.5 Å². The molecule has 2 rings (SSSR count). The van der Waals surface area contributed by atoms with Crippen LogP contribution < -0.4 is 16.0 Å². The van der Waals surface area contributed by atoms with E-state index in [1.54, 1.807) is 30.3 Å². The zero-order valence-electron chi connectivity index (χ0n) is 14.8. The molecule has 0 radical (unpaired) electrons. The van der Waals surface area contributed by atoms with Crippen LogP contribution in [0.15, 0.2) is 36.4 Å². The molecule has 1 aromatic heterocycles. The minimum atomic E-state index is -0.715. The summed E-state index contributed by atoms with van der Waals surface area (Å²) in [4.78, 5) is 47.7. The fourth-order valence-electron chi connectivity index (χ4n) is 2.03. The Kier molecular flexibility index (Phi) is 7.07. The van der Waals surface area contributed by atoms with E-state index in [0.717, 1.165) is 4.88 Å². The van der Waals surface area contributed by atoms with E-state index in [2.05, 4.69) is 16.0 Å². The lowest BCUT2D eigenvalue weighted by atomic mass is 10.2. The van der Waals surface area contributed by atoms with Crippen LogP contribution in [0, 0.1) is 6.92 Å². The lowest BCUT2D eigenvalue weighted by molar-refractivity contribution is -0.146. The molecule has 0 fully saturated rings. The number of nitrogens with one attached hydrogen (secondary N) is 3. The van der Waals surface area contributed by atoms with Gasteiger partial charge in [0.25, 0.3) is 11.8 Å². The van der Waals surface area contributed by atoms with Gasteiger partial charge in [0, 0.05) is 23.2 Å². The van der Waals surface area contributed by atoms with Gasteiger partial charge in [0.2, 0.25) is 5.91 Å². The summed E-state index contributed by atoms with van der Waals surface area (Å²) in [5.41, 5.74) is 1.09. The SMILES string of the molecule is CC(=O)Nc1ccc(NC(=O)COC(=O)CNC(=O)c2ccc(C)s2)cc1. The van der Waals surface area contributed by atoms with Crippen molar-refractivity contribution >= 4 is 46.4 Å². The smallest absolute Gasteiger partial charge is 0.325 e. The summed E-state index contributed by atoms with van der Waals surface area (Å²) in [6.07, 6.45) is 0. The Morgan fingerprint density at radius 2 is 1.59 bits per heavy atom. The Balaban J connectivity index is 1.70. The number of carbonyl (C=O) groups is 4. The van der Waals surface area contributed by atoms with E-state index in [4.69, 9.17) is 4.74 Å². The number of anilines is 2. The Morgan fingerprint density at radius 1 is 0.963 bits per heavy atom. The van der Waals surface area contributed by atoms with Gasteiger partial charge in [-0.2, -0.15) is 0 Å². The van der Waals surface area contributed by atoms with E-state index >= 15 is 0 Å². The number of ether oxygens (including phenoxy) is 1. The minimum Gasteiger partial charge on any atom is -0.454 e. The molecule has 1 heterocycles. The number of hydrogen-bond donors (Lipinski definition) is 3. The van der Waals surface area contributed by atoms with Crippen LogP contribution in [0.25, 0.3) is 0 Å². The van der Waals surface area contributed by atoms with E-state index in [-0.39, 0.29) is 18.4 Å². The van der Waals surface area contributed by atoms with Gasteiger partial charge in [0.15, 0.2) is 6.61 Å².